The number of hydrogen-bond donors (Lipinski definition) is 2. The monoisotopic (exact) mass is 533 g/mol. The third-order valence-corrected chi connectivity index (χ3v) is 5.02. The van der Waals surface area contributed by atoms with E-state index in [1.165, 1.54) is 36.5 Å². The van der Waals surface area contributed by atoms with E-state index in [0.717, 1.165) is 25.3 Å². The van der Waals surface area contributed by atoms with Crippen LogP contribution in [0.1, 0.15) is 27.0 Å². The van der Waals surface area contributed by atoms with E-state index in [2.05, 4.69) is 15.6 Å². The van der Waals surface area contributed by atoms with Crippen LogP contribution < -0.4 is 16.3 Å². The molecule has 1 saturated heterocycles. The van der Waals surface area contributed by atoms with Crippen LogP contribution in [0.5, 0.6) is 0 Å². The maximum Gasteiger partial charge on any atom is 0.351 e. The molecule has 3 rings (SSSR count). The van der Waals surface area contributed by atoms with Gasteiger partial charge in [0.15, 0.2) is 18.4 Å². The number of benzene rings is 1. The summed E-state index contributed by atoms with van der Waals surface area (Å²) in [5.74, 6) is -2.27. The van der Waals surface area contributed by atoms with Gasteiger partial charge >= 0.3 is 29.6 Å². The second-order valence-electron chi connectivity index (χ2n) is 7.90. The molecule has 16 nitrogen and oxygen atoms in total. The summed E-state index contributed by atoms with van der Waals surface area (Å²) < 4.78 is 22.2. The summed E-state index contributed by atoms with van der Waals surface area (Å²) in [6.45, 7) is 3.04. The minimum absolute atomic E-state index is 0.152. The normalized spacial score (nSPS) is 20.2. The van der Waals surface area contributed by atoms with Crippen LogP contribution in [0.3, 0.4) is 0 Å². The van der Waals surface area contributed by atoms with Gasteiger partial charge in [-0.15, -0.1) is 0 Å². The van der Waals surface area contributed by atoms with Gasteiger partial charge < -0.3 is 24.3 Å². The number of hydrogen-bond acceptors (Lipinski definition) is 12. The molecule has 1 fully saturated rings. The number of carbonyl (C=O) groups excluding carboxylic acids is 4. The van der Waals surface area contributed by atoms with Crippen LogP contribution in [0.4, 0.5) is 22.0 Å². The van der Waals surface area contributed by atoms with Crippen molar-refractivity contribution in [1.82, 2.24) is 9.55 Å². The van der Waals surface area contributed by atoms with Crippen LogP contribution in [0.15, 0.2) is 41.3 Å². The van der Waals surface area contributed by atoms with Crippen LogP contribution in [-0.2, 0) is 33.3 Å². The average Bonchev–Trinajstić information content (AvgIpc) is 3.13. The van der Waals surface area contributed by atoms with Crippen LogP contribution >= 0.6 is 0 Å². The smallest absolute Gasteiger partial charge is 0.351 e. The fourth-order valence-electron chi connectivity index (χ4n) is 3.54. The molecule has 0 bridgehead atoms. The zero-order valence-corrected chi connectivity index (χ0v) is 20.3. The second kappa shape index (κ2) is 11.9. The van der Waals surface area contributed by atoms with Gasteiger partial charge in [-0.3, -0.25) is 34.4 Å². The van der Waals surface area contributed by atoms with Crippen molar-refractivity contribution in [1.29, 1.82) is 0 Å². The lowest BCUT2D eigenvalue weighted by Gasteiger charge is -2.23. The number of esters is 3. The number of amides is 2. The number of ether oxygens (including phenoxy) is 4. The zero-order chi connectivity index (χ0) is 28.0. The quantitative estimate of drug-likeness (QED) is 0.212. The Bertz CT molecular complexity index is 1290. The standard InChI is InChI=1S/C22H23N5O11/c1-11(28)35-10-16-18(36-12(2)29)19(37-13(3)30)20(38-16)26-9-8-17(25-22(26)32)24-21(31)23-14-4-6-15(7-5-14)27(33)34/h4-9,16,18-20H,10H2,1-3H3,(H2,23,24,25,31,32)/t16-,18-,19-,20-/m1/s1. The van der Waals surface area contributed by atoms with Gasteiger partial charge in [0.1, 0.15) is 18.5 Å². The number of carbonyl (C=O) groups is 4. The van der Waals surface area contributed by atoms with Gasteiger partial charge in [0.05, 0.1) is 4.92 Å². The SMILES string of the molecule is CC(=O)OC[C@H]1O[C@@H](n2ccc(NC(=O)Nc3ccc([N+](=O)[O-])cc3)nc2=O)[C@H](OC(C)=O)[C@@H]1OC(C)=O. The molecule has 1 aromatic carbocycles. The number of rotatable bonds is 8. The number of nitro benzene ring substituents is 1. The number of nitrogens with one attached hydrogen (secondary N) is 2. The minimum atomic E-state index is -1.31. The average molecular weight is 533 g/mol. The lowest BCUT2D eigenvalue weighted by molar-refractivity contribution is -0.384. The maximum atomic E-state index is 12.8. The Hall–Kier alpha value is -4.86. The van der Waals surface area contributed by atoms with E-state index in [4.69, 9.17) is 18.9 Å². The van der Waals surface area contributed by atoms with E-state index in [0.29, 0.717) is 0 Å². The number of nitro groups is 1. The maximum absolute atomic E-state index is 12.8. The Balaban J connectivity index is 1.79. The fraction of sp³-hybridized carbons (Fsp3) is 0.364. The molecule has 2 aromatic rings. The van der Waals surface area contributed by atoms with Gasteiger partial charge in [0.2, 0.25) is 0 Å². The summed E-state index contributed by atoms with van der Waals surface area (Å²) in [4.78, 5) is 73.7. The molecule has 2 N–H and O–H groups in total. The van der Waals surface area contributed by atoms with Crippen molar-refractivity contribution in [3.63, 3.8) is 0 Å². The van der Waals surface area contributed by atoms with Crippen molar-refractivity contribution >= 4 is 41.1 Å². The molecule has 1 aliphatic heterocycles. The third-order valence-electron chi connectivity index (χ3n) is 5.02. The molecule has 1 aromatic heterocycles. The number of non-ortho nitro benzene ring substituents is 1. The van der Waals surface area contributed by atoms with Crippen LogP contribution in [0.25, 0.3) is 0 Å². The molecule has 0 radical (unpaired) electrons. The highest BCUT2D eigenvalue weighted by atomic mass is 16.7. The molecule has 202 valence electrons. The molecule has 38 heavy (non-hydrogen) atoms. The van der Waals surface area contributed by atoms with Gasteiger partial charge in [0.25, 0.3) is 5.69 Å². The Kier molecular flexibility index (Phi) is 8.69. The van der Waals surface area contributed by atoms with Gasteiger partial charge in [-0.2, -0.15) is 4.98 Å². The second-order valence-corrected chi connectivity index (χ2v) is 7.90. The summed E-state index contributed by atoms with van der Waals surface area (Å²) in [5, 5.41) is 15.5. The minimum Gasteiger partial charge on any atom is -0.463 e. The molecule has 4 atom stereocenters. The van der Waals surface area contributed by atoms with Crippen LogP contribution in [-0.4, -0.2) is 63.3 Å². The zero-order valence-electron chi connectivity index (χ0n) is 20.3. The first-order chi connectivity index (χ1) is 17.9. The predicted molar refractivity (Wildman–Crippen MR) is 126 cm³/mol. The Morgan fingerprint density at radius 1 is 1.00 bits per heavy atom. The predicted octanol–water partition coefficient (Wildman–Crippen LogP) is 1.12. The van der Waals surface area contributed by atoms with E-state index >= 15 is 0 Å². The van der Waals surface area contributed by atoms with Crippen LogP contribution in [0.2, 0.25) is 0 Å². The van der Waals surface area contributed by atoms with Gasteiger partial charge in [-0.25, -0.2) is 9.59 Å². The van der Waals surface area contributed by atoms with E-state index in [9.17, 15) is 34.1 Å². The molecule has 0 aliphatic carbocycles. The lowest BCUT2D eigenvalue weighted by Crippen LogP contribution is -2.41. The Labute approximate surface area is 214 Å². The van der Waals surface area contributed by atoms with Gasteiger partial charge in [-0.05, 0) is 18.2 Å². The Morgan fingerprint density at radius 2 is 1.63 bits per heavy atom. The van der Waals surface area contributed by atoms with Crippen molar-refractivity contribution in [2.45, 2.75) is 45.3 Å². The van der Waals surface area contributed by atoms with E-state index in [1.807, 2.05) is 0 Å². The van der Waals surface area contributed by atoms with Crippen molar-refractivity contribution in [2.24, 2.45) is 0 Å². The van der Waals surface area contributed by atoms with E-state index in [1.54, 1.807) is 0 Å². The van der Waals surface area contributed by atoms with Crippen molar-refractivity contribution < 1.29 is 43.0 Å². The molecule has 1 aliphatic rings. The van der Waals surface area contributed by atoms with Crippen molar-refractivity contribution in [3.05, 3.63) is 57.1 Å². The highest BCUT2D eigenvalue weighted by molar-refractivity contribution is 5.99. The summed E-state index contributed by atoms with van der Waals surface area (Å²) in [6.07, 6.45) is -3.68. The largest absolute Gasteiger partial charge is 0.463 e. The fourth-order valence-corrected chi connectivity index (χ4v) is 3.54. The highest BCUT2D eigenvalue weighted by Gasteiger charge is 2.50. The summed E-state index contributed by atoms with van der Waals surface area (Å²) in [5.41, 5.74) is -0.830. The first kappa shape index (κ1) is 27.7. The van der Waals surface area contributed by atoms with Gasteiger partial charge in [0, 0.05) is 44.8 Å². The number of aromatic nitrogens is 2. The topological polar surface area (TPSA) is 207 Å². The number of nitrogens with zero attached hydrogens (tertiary/aromatic N) is 3. The lowest BCUT2D eigenvalue weighted by atomic mass is 10.1. The summed E-state index contributed by atoms with van der Waals surface area (Å²) >= 11 is 0. The Morgan fingerprint density at radius 3 is 2.18 bits per heavy atom. The van der Waals surface area contributed by atoms with Crippen molar-refractivity contribution in [3.8, 4) is 0 Å². The molecular weight excluding hydrogens is 510 g/mol. The molecular formula is C22H23N5O11. The van der Waals surface area contributed by atoms with Crippen LogP contribution in [0, 0.1) is 10.1 Å². The first-order valence-corrected chi connectivity index (χ1v) is 11.0. The molecule has 0 saturated carbocycles. The van der Waals surface area contributed by atoms with E-state index < -0.39 is 59.1 Å². The highest BCUT2D eigenvalue weighted by Crippen LogP contribution is 2.33. The third kappa shape index (κ3) is 7.10. The molecule has 2 amide bonds. The van der Waals surface area contributed by atoms with Crippen molar-refractivity contribution in [2.75, 3.05) is 17.2 Å². The van der Waals surface area contributed by atoms with E-state index in [-0.39, 0.29) is 23.8 Å². The molecule has 0 unspecified atom stereocenters. The molecule has 0 spiro atoms. The first-order valence-electron chi connectivity index (χ1n) is 11.0. The number of urea groups is 1. The van der Waals surface area contributed by atoms with Gasteiger partial charge in [-0.1, -0.05) is 0 Å². The summed E-state index contributed by atoms with van der Waals surface area (Å²) in [7, 11) is 0. The number of anilines is 2. The summed E-state index contributed by atoms with van der Waals surface area (Å²) in [6, 6.07) is 5.52. The molecule has 16 heteroatoms. The molecule has 2 heterocycles.